The molecular weight excluding hydrogens is 224 g/mol. The van der Waals surface area contributed by atoms with Gasteiger partial charge in [-0.1, -0.05) is 0 Å². The number of methoxy groups -OCH3 is 1. The van der Waals surface area contributed by atoms with Gasteiger partial charge in [0.15, 0.2) is 0 Å². The summed E-state index contributed by atoms with van der Waals surface area (Å²) in [6.45, 7) is 3.38. The molecule has 0 unspecified atom stereocenters. The van der Waals surface area contributed by atoms with E-state index in [4.69, 9.17) is 4.74 Å². The van der Waals surface area contributed by atoms with E-state index in [9.17, 15) is 0 Å². The third-order valence-corrected chi connectivity index (χ3v) is 3.03. The molecule has 2 fully saturated rings. The van der Waals surface area contributed by atoms with Gasteiger partial charge in [0.25, 0.3) is 0 Å². The van der Waals surface area contributed by atoms with E-state index in [0.29, 0.717) is 5.54 Å². The second kappa shape index (κ2) is 4.99. The minimum Gasteiger partial charge on any atom is -0.383 e. The molecule has 2 saturated heterocycles. The molecule has 0 aliphatic carbocycles. The normalized spacial score (nSPS) is 34.8. The van der Waals surface area contributed by atoms with Crippen LogP contribution in [0.2, 0.25) is 0 Å². The Morgan fingerprint density at radius 1 is 1.58 bits per heavy atom. The number of fused-ring (bicyclic) bond motifs is 1. The van der Waals surface area contributed by atoms with Crippen molar-refractivity contribution in [1.82, 2.24) is 4.90 Å². The van der Waals surface area contributed by atoms with Gasteiger partial charge < -0.3 is 16.1 Å². The van der Waals surface area contributed by atoms with Gasteiger partial charge in [-0.2, -0.15) is 6.42 Å². The number of hydrogen-bond acceptors (Lipinski definition) is 2. The first-order chi connectivity index (χ1) is 5.37. The Labute approximate surface area is 124 Å². The smallest absolute Gasteiger partial charge is 0.383 e. The fourth-order valence-electron chi connectivity index (χ4n) is 2.49. The molecule has 64 valence electrons. The third-order valence-electron chi connectivity index (χ3n) is 3.03. The van der Waals surface area contributed by atoms with Crippen molar-refractivity contribution in [2.75, 3.05) is 26.8 Å². The largest absolute Gasteiger partial charge is 1.00 e. The van der Waals surface area contributed by atoms with Crippen LogP contribution in [0, 0.1) is 6.42 Å². The van der Waals surface area contributed by atoms with Crippen molar-refractivity contribution in [3.8, 4) is 0 Å². The molecular formula is C9H16NORb. The molecule has 2 aliphatic rings. The van der Waals surface area contributed by atoms with Gasteiger partial charge in [-0.3, -0.25) is 0 Å². The van der Waals surface area contributed by atoms with Gasteiger partial charge in [0.1, 0.15) is 0 Å². The molecule has 0 aromatic heterocycles. The van der Waals surface area contributed by atoms with Gasteiger partial charge >= 0.3 is 58.2 Å². The van der Waals surface area contributed by atoms with Crippen molar-refractivity contribution in [3.63, 3.8) is 0 Å². The first-order valence-electron chi connectivity index (χ1n) is 4.43. The van der Waals surface area contributed by atoms with E-state index in [1.807, 2.05) is 7.11 Å². The maximum absolute atomic E-state index is 5.27. The summed E-state index contributed by atoms with van der Waals surface area (Å²) in [6, 6.07) is 0. The Kier molecular flexibility index (Phi) is 4.91. The molecule has 0 spiro atoms. The molecule has 0 aromatic rings. The number of rotatable bonds is 2. The summed E-state index contributed by atoms with van der Waals surface area (Å²) >= 11 is 0. The van der Waals surface area contributed by atoms with Crippen molar-refractivity contribution in [1.29, 1.82) is 0 Å². The predicted octanol–water partition coefficient (Wildman–Crippen LogP) is -1.92. The molecule has 0 aromatic carbocycles. The number of nitrogens with zero attached hydrogens (tertiary/aromatic N) is 1. The molecule has 0 bridgehead atoms. The van der Waals surface area contributed by atoms with E-state index in [-0.39, 0.29) is 58.2 Å². The molecule has 0 saturated carbocycles. The Morgan fingerprint density at radius 3 is 3.17 bits per heavy atom. The van der Waals surface area contributed by atoms with E-state index < -0.39 is 0 Å². The number of ether oxygens (including phenoxy) is 1. The molecule has 0 N–H and O–H groups in total. The maximum Gasteiger partial charge on any atom is 1.00 e. The average molecular weight is 240 g/mol. The maximum atomic E-state index is 5.27. The predicted molar refractivity (Wildman–Crippen MR) is 44.3 cm³/mol. The van der Waals surface area contributed by atoms with Crippen molar-refractivity contribution in [2.24, 2.45) is 0 Å². The Balaban J connectivity index is 0.000000720. The van der Waals surface area contributed by atoms with Gasteiger partial charge in [-0.05, 0) is 19.4 Å². The van der Waals surface area contributed by atoms with Gasteiger partial charge in [0.2, 0.25) is 0 Å². The Morgan fingerprint density at radius 2 is 2.42 bits per heavy atom. The van der Waals surface area contributed by atoms with Crippen LogP contribution in [-0.2, 0) is 4.74 Å². The minimum atomic E-state index is 0. The standard InChI is InChI=1S/C9H16NO.Rb/c1-11-8-9-4-2-6-10(9)7-3-5-9;/h2H,3-8H2,1H3;/q-1;+1/t9-;/m0./s1. The quantitative estimate of drug-likeness (QED) is 0.521. The SMILES string of the molecule is COC[C@@]12C[CH-]CN1CCC2.[Rb+]. The van der Waals surface area contributed by atoms with Gasteiger partial charge in [0, 0.05) is 12.6 Å². The summed E-state index contributed by atoms with van der Waals surface area (Å²) < 4.78 is 5.27. The van der Waals surface area contributed by atoms with E-state index in [1.54, 1.807) is 0 Å². The van der Waals surface area contributed by atoms with E-state index >= 15 is 0 Å². The van der Waals surface area contributed by atoms with Crippen LogP contribution in [0.5, 0.6) is 0 Å². The fourth-order valence-corrected chi connectivity index (χ4v) is 2.49. The van der Waals surface area contributed by atoms with Crippen LogP contribution in [0.3, 0.4) is 0 Å². The van der Waals surface area contributed by atoms with E-state index in [1.165, 1.54) is 32.4 Å². The summed E-state index contributed by atoms with van der Waals surface area (Å²) in [5.41, 5.74) is 0.411. The van der Waals surface area contributed by atoms with Crippen LogP contribution in [-0.4, -0.2) is 37.2 Å². The molecule has 0 radical (unpaired) electrons. The monoisotopic (exact) mass is 239 g/mol. The van der Waals surface area contributed by atoms with Crippen LogP contribution in [0.1, 0.15) is 19.3 Å². The zero-order valence-corrected chi connectivity index (χ0v) is 13.1. The molecule has 3 heteroatoms. The molecule has 0 amide bonds. The zero-order valence-electron chi connectivity index (χ0n) is 8.18. The molecule has 2 nitrogen and oxygen atoms in total. The van der Waals surface area contributed by atoms with Crippen molar-refractivity contribution >= 4 is 0 Å². The van der Waals surface area contributed by atoms with Crippen LogP contribution in [0.25, 0.3) is 0 Å². The van der Waals surface area contributed by atoms with Crippen LogP contribution >= 0.6 is 0 Å². The van der Waals surface area contributed by atoms with Gasteiger partial charge in [0.05, 0.1) is 6.61 Å². The second-order valence-electron chi connectivity index (χ2n) is 3.70. The number of hydrogen-bond donors (Lipinski definition) is 0. The summed E-state index contributed by atoms with van der Waals surface area (Å²) in [6.07, 6.45) is 6.31. The third kappa shape index (κ3) is 2.04. The van der Waals surface area contributed by atoms with E-state index in [2.05, 4.69) is 11.3 Å². The Hall–Kier alpha value is 1.73. The summed E-state index contributed by atoms with van der Waals surface area (Å²) in [7, 11) is 1.81. The van der Waals surface area contributed by atoms with E-state index in [0.717, 1.165) is 6.61 Å². The van der Waals surface area contributed by atoms with Crippen molar-refractivity contribution in [2.45, 2.75) is 24.8 Å². The topological polar surface area (TPSA) is 12.5 Å². The van der Waals surface area contributed by atoms with Crippen LogP contribution in [0.4, 0.5) is 0 Å². The van der Waals surface area contributed by atoms with Crippen molar-refractivity contribution in [3.05, 3.63) is 6.42 Å². The summed E-state index contributed by atoms with van der Waals surface area (Å²) in [5.74, 6) is 0. The van der Waals surface area contributed by atoms with Crippen molar-refractivity contribution < 1.29 is 62.9 Å². The Bertz CT molecular complexity index is 141. The average Bonchev–Trinajstić information content (AvgIpc) is 2.45. The van der Waals surface area contributed by atoms with Crippen LogP contribution in [0.15, 0.2) is 0 Å². The van der Waals surface area contributed by atoms with Gasteiger partial charge in [-0.25, -0.2) is 0 Å². The zero-order chi connectivity index (χ0) is 7.73. The molecule has 2 aliphatic heterocycles. The van der Waals surface area contributed by atoms with Gasteiger partial charge in [-0.15, -0.1) is 6.54 Å². The fraction of sp³-hybridized carbons (Fsp3) is 0.889. The summed E-state index contributed by atoms with van der Waals surface area (Å²) in [5, 5.41) is 0. The molecule has 2 rings (SSSR count). The molecule has 12 heavy (non-hydrogen) atoms. The minimum absolute atomic E-state index is 0. The molecule has 2 heterocycles. The van der Waals surface area contributed by atoms with Crippen LogP contribution < -0.4 is 58.2 Å². The molecule has 1 atom stereocenters. The second-order valence-corrected chi connectivity index (χ2v) is 3.70. The first kappa shape index (κ1) is 11.8. The summed E-state index contributed by atoms with van der Waals surface area (Å²) in [4.78, 5) is 2.57. The first-order valence-corrected chi connectivity index (χ1v) is 4.43.